The SMILES string of the molecule is CCc1nn(C)cc1-c1nc(Cl)c(CC)c(Cl)n1. The van der Waals surface area contributed by atoms with E-state index < -0.39 is 0 Å². The van der Waals surface area contributed by atoms with Crippen molar-refractivity contribution in [1.82, 2.24) is 19.7 Å². The minimum atomic E-state index is 0.415. The average molecular weight is 285 g/mol. The molecule has 0 fully saturated rings. The van der Waals surface area contributed by atoms with Crippen LogP contribution in [-0.4, -0.2) is 19.7 Å². The third-order valence-corrected chi connectivity index (χ3v) is 3.37. The molecular formula is C12H14Cl2N4. The van der Waals surface area contributed by atoms with Gasteiger partial charge in [-0.3, -0.25) is 4.68 Å². The van der Waals surface area contributed by atoms with E-state index in [1.165, 1.54) is 0 Å². The summed E-state index contributed by atoms with van der Waals surface area (Å²) in [5.41, 5.74) is 2.60. The summed E-state index contributed by atoms with van der Waals surface area (Å²) in [6.07, 6.45) is 3.41. The Kier molecular flexibility index (Phi) is 3.88. The van der Waals surface area contributed by atoms with Crippen molar-refractivity contribution in [3.63, 3.8) is 0 Å². The molecule has 0 spiro atoms. The van der Waals surface area contributed by atoms with E-state index in [0.29, 0.717) is 22.6 Å². The van der Waals surface area contributed by atoms with Gasteiger partial charge in [0.1, 0.15) is 10.3 Å². The number of aromatic nitrogens is 4. The van der Waals surface area contributed by atoms with Gasteiger partial charge >= 0.3 is 0 Å². The van der Waals surface area contributed by atoms with Gasteiger partial charge in [-0.25, -0.2) is 9.97 Å². The zero-order valence-electron chi connectivity index (χ0n) is 10.5. The summed E-state index contributed by atoms with van der Waals surface area (Å²) in [5, 5.41) is 5.19. The van der Waals surface area contributed by atoms with Crippen LogP contribution in [0.1, 0.15) is 25.1 Å². The second-order valence-electron chi connectivity index (χ2n) is 3.98. The summed E-state index contributed by atoms with van der Waals surface area (Å²) in [4.78, 5) is 8.63. The normalized spacial score (nSPS) is 10.9. The van der Waals surface area contributed by atoms with E-state index >= 15 is 0 Å². The van der Waals surface area contributed by atoms with Crippen LogP contribution < -0.4 is 0 Å². The molecule has 2 aromatic heterocycles. The predicted molar refractivity (Wildman–Crippen MR) is 73.0 cm³/mol. The van der Waals surface area contributed by atoms with Crippen LogP contribution in [0.4, 0.5) is 0 Å². The molecule has 0 radical (unpaired) electrons. The van der Waals surface area contributed by atoms with Crippen LogP contribution in [0.5, 0.6) is 0 Å². The molecule has 0 aromatic carbocycles. The Balaban J connectivity index is 2.57. The van der Waals surface area contributed by atoms with Crippen molar-refractivity contribution in [2.75, 3.05) is 0 Å². The van der Waals surface area contributed by atoms with Crippen LogP contribution in [0.3, 0.4) is 0 Å². The third-order valence-electron chi connectivity index (χ3n) is 2.74. The van der Waals surface area contributed by atoms with Crippen molar-refractivity contribution >= 4 is 23.2 Å². The molecule has 0 aliphatic heterocycles. The number of rotatable bonds is 3. The fraction of sp³-hybridized carbons (Fsp3) is 0.417. The molecule has 2 rings (SSSR count). The lowest BCUT2D eigenvalue weighted by molar-refractivity contribution is 0.746. The van der Waals surface area contributed by atoms with Crippen molar-refractivity contribution in [3.8, 4) is 11.4 Å². The number of hydrogen-bond acceptors (Lipinski definition) is 3. The molecule has 96 valence electrons. The first kappa shape index (κ1) is 13.3. The van der Waals surface area contributed by atoms with E-state index in [0.717, 1.165) is 23.2 Å². The highest BCUT2D eigenvalue weighted by Crippen LogP contribution is 2.27. The summed E-state index contributed by atoms with van der Waals surface area (Å²) >= 11 is 12.2. The molecular weight excluding hydrogens is 271 g/mol. The molecule has 0 aliphatic rings. The van der Waals surface area contributed by atoms with Gasteiger partial charge in [-0.1, -0.05) is 37.0 Å². The van der Waals surface area contributed by atoms with E-state index in [1.54, 1.807) is 4.68 Å². The Morgan fingerprint density at radius 2 is 1.72 bits per heavy atom. The number of nitrogens with zero attached hydrogens (tertiary/aromatic N) is 4. The fourth-order valence-electron chi connectivity index (χ4n) is 1.83. The van der Waals surface area contributed by atoms with Crippen molar-refractivity contribution in [2.24, 2.45) is 7.05 Å². The van der Waals surface area contributed by atoms with Crippen LogP contribution in [0, 0.1) is 0 Å². The van der Waals surface area contributed by atoms with Gasteiger partial charge in [0.25, 0.3) is 0 Å². The lowest BCUT2D eigenvalue weighted by Gasteiger charge is -2.05. The van der Waals surface area contributed by atoms with E-state index in [-0.39, 0.29) is 0 Å². The minimum Gasteiger partial charge on any atom is -0.275 e. The van der Waals surface area contributed by atoms with Crippen LogP contribution in [0.2, 0.25) is 10.3 Å². The standard InChI is InChI=1S/C12H14Cl2N4/c1-4-7-10(13)15-12(16-11(7)14)8-6-18(3)17-9(8)5-2/h6H,4-5H2,1-3H3. The first-order chi connectivity index (χ1) is 8.56. The lowest BCUT2D eigenvalue weighted by Crippen LogP contribution is -1.97. The van der Waals surface area contributed by atoms with Gasteiger partial charge in [-0.05, 0) is 12.8 Å². The van der Waals surface area contributed by atoms with Gasteiger partial charge in [-0.15, -0.1) is 0 Å². The van der Waals surface area contributed by atoms with Crippen LogP contribution in [0.15, 0.2) is 6.20 Å². The number of halogens is 2. The first-order valence-electron chi connectivity index (χ1n) is 5.81. The molecule has 2 aromatic rings. The molecule has 0 amide bonds. The smallest absolute Gasteiger partial charge is 0.165 e. The number of aryl methyl sites for hydroxylation is 2. The molecule has 0 atom stereocenters. The maximum absolute atomic E-state index is 6.12. The molecule has 0 aliphatic carbocycles. The monoisotopic (exact) mass is 284 g/mol. The quantitative estimate of drug-likeness (QED) is 0.813. The Hall–Kier alpha value is -1.13. The molecule has 18 heavy (non-hydrogen) atoms. The highest BCUT2D eigenvalue weighted by atomic mass is 35.5. The Labute approximate surface area is 116 Å². The molecule has 0 N–H and O–H groups in total. The molecule has 4 nitrogen and oxygen atoms in total. The van der Waals surface area contributed by atoms with Crippen molar-refractivity contribution < 1.29 is 0 Å². The second-order valence-corrected chi connectivity index (χ2v) is 4.69. The predicted octanol–water partition coefficient (Wildman–Crippen LogP) is 3.31. The summed E-state index contributed by atoms with van der Waals surface area (Å²) in [6.45, 7) is 4.01. The molecule has 6 heteroatoms. The largest absolute Gasteiger partial charge is 0.275 e. The maximum atomic E-state index is 6.12. The van der Waals surface area contributed by atoms with Gasteiger partial charge in [0.15, 0.2) is 5.82 Å². The molecule has 0 saturated carbocycles. The zero-order chi connectivity index (χ0) is 13.3. The Morgan fingerprint density at radius 1 is 1.11 bits per heavy atom. The fourth-order valence-corrected chi connectivity index (χ4v) is 2.48. The topological polar surface area (TPSA) is 43.6 Å². The van der Waals surface area contributed by atoms with Gasteiger partial charge in [0.05, 0.1) is 11.3 Å². The second kappa shape index (κ2) is 5.24. The molecule has 0 bridgehead atoms. The molecule has 2 heterocycles. The average Bonchev–Trinajstić information content (AvgIpc) is 2.70. The lowest BCUT2D eigenvalue weighted by atomic mass is 10.2. The molecule has 0 saturated heterocycles. The van der Waals surface area contributed by atoms with Crippen LogP contribution >= 0.6 is 23.2 Å². The minimum absolute atomic E-state index is 0.415. The highest BCUT2D eigenvalue weighted by molar-refractivity contribution is 6.34. The highest BCUT2D eigenvalue weighted by Gasteiger charge is 2.15. The van der Waals surface area contributed by atoms with Gasteiger partial charge in [0, 0.05) is 18.8 Å². The van der Waals surface area contributed by atoms with Crippen LogP contribution in [-0.2, 0) is 19.9 Å². The summed E-state index contributed by atoms with van der Waals surface area (Å²) in [6, 6.07) is 0. The third kappa shape index (κ3) is 2.35. The summed E-state index contributed by atoms with van der Waals surface area (Å²) in [7, 11) is 1.87. The maximum Gasteiger partial charge on any atom is 0.165 e. The van der Waals surface area contributed by atoms with E-state index in [9.17, 15) is 0 Å². The van der Waals surface area contributed by atoms with E-state index in [1.807, 2.05) is 27.1 Å². The Morgan fingerprint density at radius 3 is 2.22 bits per heavy atom. The van der Waals surface area contributed by atoms with Crippen LogP contribution in [0.25, 0.3) is 11.4 Å². The van der Waals surface area contributed by atoms with Crippen molar-refractivity contribution in [1.29, 1.82) is 0 Å². The van der Waals surface area contributed by atoms with Crippen molar-refractivity contribution in [3.05, 3.63) is 27.8 Å². The van der Waals surface area contributed by atoms with Gasteiger partial charge in [-0.2, -0.15) is 5.10 Å². The zero-order valence-corrected chi connectivity index (χ0v) is 12.0. The molecule has 0 unspecified atom stereocenters. The Bertz CT molecular complexity index is 554. The first-order valence-corrected chi connectivity index (χ1v) is 6.57. The summed E-state index contributed by atoms with van der Waals surface area (Å²) < 4.78 is 1.74. The number of hydrogen-bond donors (Lipinski definition) is 0. The van der Waals surface area contributed by atoms with E-state index in [4.69, 9.17) is 23.2 Å². The van der Waals surface area contributed by atoms with Gasteiger partial charge in [0.2, 0.25) is 0 Å². The summed E-state index contributed by atoms with van der Waals surface area (Å²) in [5.74, 6) is 0.534. The van der Waals surface area contributed by atoms with Crippen molar-refractivity contribution in [2.45, 2.75) is 26.7 Å². The van der Waals surface area contributed by atoms with E-state index in [2.05, 4.69) is 15.1 Å². The van der Waals surface area contributed by atoms with Gasteiger partial charge < -0.3 is 0 Å².